The van der Waals surface area contributed by atoms with Crippen LogP contribution in [-0.2, 0) is 11.3 Å². The van der Waals surface area contributed by atoms with Crippen LogP contribution in [0, 0.1) is 17.2 Å². The van der Waals surface area contributed by atoms with Crippen molar-refractivity contribution in [3.8, 4) is 6.07 Å². The Labute approximate surface area is 221 Å². The highest BCUT2D eigenvalue weighted by atomic mass is 16.5. The monoisotopic (exact) mass is 506 g/mol. The van der Waals surface area contributed by atoms with Gasteiger partial charge in [-0.05, 0) is 68.7 Å². The molecule has 0 amide bonds. The van der Waals surface area contributed by atoms with Crippen molar-refractivity contribution in [3.63, 3.8) is 0 Å². The molecule has 192 valence electrons. The maximum Gasteiger partial charge on any atom is 0.253 e. The highest BCUT2D eigenvalue weighted by Crippen LogP contribution is 2.22. The fraction of sp³-hybridized carbons (Fsp3) is 0.300. The van der Waals surface area contributed by atoms with Crippen LogP contribution in [0.5, 0.6) is 0 Å². The lowest BCUT2D eigenvalue weighted by Crippen LogP contribution is -2.33. The highest BCUT2D eigenvalue weighted by molar-refractivity contribution is 5.99. The van der Waals surface area contributed by atoms with Crippen LogP contribution < -0.4 is 10.9 Å². The molecule has 2 aliphatic heterocycles. The van der Waals surface area contributed by atoms with E-state index in [0.717, 1.165) is 59.0 Å². The van der Waals surface area contributed by atoms with Gasteiger partial charge in [-0.2, -0.15) is 5.26 Å². The summed E-state index contributed by atoms with van der Waals surface area (Å²) in [6.45, 7) is 4.04. The number of aromatic nitrogens is 2. The number of hydrogen-bond acceptors (Lipinski definition) is 6. The Morgan fingerprint density at radius 1 is 1.13 bits per heavy atom. The highest BCUT2D eigenvalue weighted by Gasteiger charge is 2.18. The molecule has 1 N–H and O–H groups in total. The molecule has 2 aromatic heterocycles. The van der Waals surface area contributed by atoms with Crippen molar-refractivity contribution in [2.24, 2.45) is 10.9 Å². The molecule has 1 fully saturated rings. The van der Waals surface area contributed by atoms with Gasteiger partial charge in [0, 0.05) is 23.2 Å². The number of nitrogens with zero attached hydrogens (tertiary/aromatic N) is 5. The average Bonchev–Trinajstić information content (AvgIpc) is 3.33. The van der Waals surface area contributed by atoms with Crippen LogP contribution in [0.1, 0.15) is 29.5 Å². The number of nitriles is 1. The van der Waals surface area contributed by atoms with Gasteiger partial charge in [0.05, 0.1) is 43.0 Å². The molecule has 8 heteroatoms. The number of hydrogen-bond donors (Lipinski definition) is 1. The zero-order valence-corrected chi connectivity index (χ0v) is 21.4. The predicted octanol–water partition coefficient (Wildman–Crippen LogP) is 3.72. The van der Waals surface area contributed by atoms with Crippen molar-refractivity contribution in [2.45, 2.75) is 19.4 Å². The summed E-state index contributed by atoms with van der Waals surface area (Å²) in [7, 11) is 2.17. The molecule has 0 aliphatic carbocycles. The van der Waals surface area contributed by atoms with Crippen LogP contribution >= 0.6 is 0 Å². The summed E-state index contributed by atoms with van der Waals surface area (Å²) in [5, 5.41) is 13.7. The van der Waals surface area contributed by atoms with Crippen LogP contribution in [0.4, 0.5) is 0 Å². The van der Waals surface area contributed by atoms with E-state index >= 15 is 0 Å². The molecule has 2 aliphatic rings. The van der Waals surface area contributed by atoms with E-state index in [4.69, 9.17) is 4.74 Å². The Morgan fingerprint density at radius 2 is 2.00 bits per heavy atom. The van der Waals surface area contributed by atoms with Crippen LogP contribution in [0.3, 0.4) is 0 Å². The third kappa shape index (κ3) is 4.81. The summed E-state index contributed by atoms with van der Waals surface area (Å²) in [4.78, 5) is 19.9. The van der Waals surface area contributed by atoms with Gasteiger partial charge >= 0.3 is 0 Å². The number of piperidine rings is 1. The first-order valence-corrected chi connectivity index (χ1v) is 13.0. The number of aliphatic imine (C=N–C) groups is 1. The van der Waals surface area contributed by atoms with Gasteiger partial charge in [0.1, 0.15) is 17.2 Å². The summed E-state index contributed by atoms with van der Waals surface area (Å²) in [5.41, 5.74) is 4.17. The molecule has 0 bridgehead atoms. The predicted molar refractivity (Wildman–Crippen MR) is 148 cm³/mol. The fourth-order valence-electron chi connectivity index (χ4n) is 5.26. The zero-order chi connectivity index (χ0) is 26.1. The van der Waals surface area contributed by atoms with Crippen LogP contribution in [-0.4, -0.2) is 53.0 Å². The Bertz CT molecular complexity index is 1660. The lowest BCUT2D eigenvalue weighted by molar-refractivity contribution is 0.114. The third-order valence-corrected chi connectivity index (χ3v) is 7.51. The minimum absolute atomic E-state index is 0.0753. The second-order valence-electron chi connectivity index (χ2n) is 10.2. The zero-order valence-electron chi connectivity index (χ0n) is 21.4. The second kappa shape index (κ2) is 10.2. The van der Waals surface area contributed by atoms with Crippen molar-refractivity contribution in [3.05, 3.63) is 99.8 Å². The molecule has 0 atom stereocenters. The van der Waals surface area contributed by atoms with Gasteiger partial charge in [0.15, 0.2) is 0 Å². The van der Waals surface area contributed by atoms with Gasteiger partial charge < -0.3 is 19.4 Å². The van der Waals surface area contributed by atoms with E-state index in [0.29, 0.717) is 24.6 Å². The summed E-state index contributed by atoms with van der Waals surface area (Å²) < 4.78 is 9.78. The molecule has 2 aromatic carbocycles. The van der Waals surface area contributed by atoms with E-state index < -0.39 is 0 Å². The van der Waals surface area contributed by atoms with E-state index in [2.05, 4.69) is 34.4 Å². The molecule has 4 aromatic rings. The molecule has 6 rings (SSSR count). The number of nitrogens with one attached hydrogen (secondary N) is 1. The lowest BCUT2D eigenvalue weighted by Gasteiger charge is -2.29. The fourth-order valence-corrected chi connectivity index (χ4v) is 5.26. The van der Waals surface area contributed by atoms with Gasteiger partial charge in [-0.1, -0.05) is 24.3 Å². The SMILES string of the molecule is CN1CCC(COC2=CN=C(c3cccc(Cn4c(=O)ccn5c6cc(C#N)ccc6cc45)c3)NC2)CC1. The maximum atomic E-state index is 12.9. The molecular weight excluding hydrogens is 476 g/mol. The van der Waals surface area contributed by atoms with Crippen LogP contribution in [0.2, 0.25) is 0 Å². The maximum absolute atomic E-state index is 12.9. The minimum Gasteiger partial charge on any atom is -0.494 e. The molecule has 0 spiro atoms. The van der Waals surface area contributed by atoms with Gasteiger partial charge in [-0.15, -0.1) is 0 Å². The molecule has 0 unspecified atom stereocenters. The number of amidine groups is 1. The standard InChI is InChI=1S/C30H30N6O2/c1-34-10-7-21(8-11-34)20-38-26-17-32-30(33-18-26)25-4-2-3-23(13-25)19-36-28-15-24-6-5-22(16-31)14-27(24)35(28)12-9-29(36)37/h2-6,9,12-15,17,21H,7-8,10-11,18-20H2,1H3,(H,32,33). The first kappa shape index (κ1) is 24.0. The van der Waals surface area contributed by atoms with Crippen molar-refractivity contribution in [2.75, 3.05) is 33.3 Å². The van der Waals surface area contributed by atoms with Gasteiger partial charge in [-0.3, -0.25) is 9.36 Å². The van der Waals surface area contributed by atoms with Crippen molar-refractivity contribution in [1.82, 2.24) is 19.2 Å². The summed E-state index contributed by atoms with van der Waals surface area (Å²) >= 11 is 0. The summed E-state index contributed by atoms with van der Waals surface area (Å²) in [6.07, 6.45) is 5.94. The smallest absolute Gasteiger partial charge is 0.253 e. The second-order valence-corrected chi connectivity index (χ2v) is 10.2. The number of likely N-dealkylation sites (tertiary alicyclic amines) is 1. The average molecular weight is 507 g/mol. The van der Waals surface area contributed by atoms with Crippen molar-refractivity contribution in [1.29, 1.82) is 5.26 Å². The van der Waals surface area contributed by atoms with Gasteiger partial charge in [-0.25, -0.2) is 4.99 Å². The molecule has 38 heavy (non-hydrogen) atoms. The van der Waals surface area contributed by atoms with Gasteiger partial charge in [0.2, 0.25) is 0 Å². The van der Waals surface area contributed by atoms with Crippen LogP contribution in [0.25, 0.3) is 16.6 Å². The third-order valence-electron chi connectivity index (χ3n) is 7.51. The van der Waals surface area contributed by atoms with E-state index in [9.17, 15) is 10.1 Å². The molecule has 8 nitrogen and oxygen atoms in total. The molecule has 0 saturated carbocycles. The largest absolute Gasteiger partial charge is 0.494 e. The molecule has 4 heterocycles. The number of benzene rings is 2. The van der Waals surface area contributed by atoms with E-state index in [1.54, 1.807) is 22.9 Å². The number of ether oxygens (including phenoxy) is 1. The molecular formula is C30H30N6O2. The van der Waals surface area contributed by atoms with E-state index in [-0.39, 0.29) is 5.56 Å². The number of fused-ring (bicyclic) bond motifs is 3. The Morgan fingerprint density at radius 3 is 2.79 bits per heavy atom. The molecule has 1 saturated heterocycles. The minimum atomic E-state index is -0.0753. The van der Waals surface area contributed by atoms with Crippen LogP contribution in [0.15, 0.2) is 82.5 Å². The first-order valence-electron chi connectivity index (χ1n) is 13.0. The lowest BCUT2D eigenvalue weighted by atomic mass is 9.98. The Balaban J connectivity index is 1.21. The van der Waals surface area contributed by atoms with Gasteiger partial charge in [0.25, 0.3) is 5.56 Å². The van der Waals surface area contributed by atoms with Crippen molar-refractivity contribution >= 4 is 22.4 Å². The number of rotatable bonds is 6. The Hall–Kier alpha value is -4.35. The first-order chi connectivity index (χ1) is 18.6. The quantitative estimate of drug-likeness (QED) is 0.431. The molecule has 0 radical (unpaired) electrons. The normalized spacial score (nSPS) is 16.6. The Kier molecular flexibility index (Phi) is 6.44. The van der Waals surface area contributed by atoms with E-state index in [1.807, 2.05) is 47.0 Å². The topological polar surface area (TPSA) is 87.1 Å². The van der Waals surface area contributed by atoms with Crippen molar-refractivity contribution < 1.29 is 4.74 Å². The summed E-state index contributed by atoms with van der Waals surface area (Å²) in [6, 6.07) is 19.4. The van der Waals surface area contributed by atoms with E-state index in [1.165, 1.54) is 12.8 Å². The summed E-state index contributed by atoms with van der Waals surface area (Å²) in [5.74, 6) is 2.26.